The standard InChI is InChI=1S/C34H42Cl2N4O6/c1-19(2)15-27(31(43)39-26(17-21-13-14-37-30(21)42)28(41)32(44)38-25-11-12-25)40-33(45)46-29(20-7-5-9-23(35)16-20)34(3,4)22-8-6-10-24(36)18-22/h5-10,16,18-19,21,25-27,29H,11-15,17H2,1-4H3,(H,37,42)(H,38,44)(H,39,43)(H,40,45). The molecule has 4 N–H and O–H groups in total. The number of alkyl carbamates (subject to hydrolysis) is 1. The van der Waals surface area contributed by atoms with Gasteiger partial charge in [-0.05, 0) is 73.4 Å². The smallest absolute Gasteiger partial charge is 0.408 e. The quantitative estimate of drug-likeness (QED) is 0.208. The molecule has 248 valence electrons. The van der Waals surface area contributed by atoms with Gasteiger partial charge in [-0.1, -0.05) is 75.2 Å². The number of ether oxygens (including phenoxy) is 1. The van der Waals surface area contributed by atoms with Crippen molar-refractivity contribution in [2.75, 3.05) is 6.54 Å². The maximum absolute atomic E-state index is 13.7. The number of hydrogen-bond acceptors (Lipinski definition) is 6. The van der Waals surface area contributed by atoms with Crippen molar-refractivity contribution in [1.82, 2.24) is 21.3 Å². The van der Waals surface area contributed by atoms with E-state index in [1.807, 2.05) is 39.8 Å². The second-order valence-electron chi connectivity index (χ2n) is 13.1. The molecule has 4 amide bonds. The van der Waals surface area contributed by atoms with E-state index in [0.717, 1.165) is 18.4 Å². The maximum Gasteiger partial charge on any atom is 0.408 e. The molecule has 0 aromatic heterocycles. The van der Waals surface area contributed by atoms with Crippen molar-refractivity contribution in [2.45, 2.75) is 89.4 Å². The third-order valence-corrected chi connectivity index (χ3v) is 8.84. The topological polar surface area (TPSA) is 143 Å². The second-order valence-corrected chi connectivity index (χ2v) is 14.0. The number of Topliss-reactive ketones (excluding diaryl/α,β-unsaturated/α-hetero) is 1. The van der Waals surface area contributed by atoms with Gasteiger partial charge in [-0.15, -0.1) is 0 Å². The first-order chi connectivity index (χ1) is 21.7. The van der Waals surface area contributed by atoms with Crippen molar-refractivity contribution in [3.05, 3.63) is 69.7 Å². The van der Waals surface area contributed by atoms with Crippen LogP contribution >= 0.6 is 23.2 Å². The minimum absolute atomic E-state index is 0.0298. The highest BCUT2D eigenvalue weighted by Gasteiger charge is 2.39. The van der Waals surface area contributed by atoms with E-state index in [4.69, 9.17) is 27.9 Å². The SMILES string of the molecule is CC(C)CC(NC(=O)OC(c1cccc(Cl)c1)C(C)(C)c1cccc(Cl)c1)C(=O)NC(CC1CCNC1=O)C(=O)C(=O)NC1CC1. The first-order valence-corrected chi connectivity index (χ1v) is 16.4. The molecule has 0 spiro atoms. The molecule has 12 heteroatoms. The van der Waals surface area contributed by atoms with Crippen LogP contribution in [0.4, 0.5) is 4.79 Å². The number of amides is 4. The molecule has 2 aromatic carbocycles. The Bertz CT molecular complexity index is 1460. The molecule has 0 bridgehead atoms. The van der Waals surface area contributed by atoms with E-state index < -0.39 is 53.2 Å². The molecule has 2 aromatic rings. The minimum Gasteiger partial charge on any atom is -0.440 e. The highest BCUT2D eigenvalue weighted by molar-refractivity contribution is 6.38. The number of rotatable bonds is 14. The fraction of sp³-hybridized carbons (Fsp3) is 0.500. The average molecular weight is 674 g/mol. The molecule has 2 fully saturated rings. The van der Waals surface area contributed by atoms with Crippen molar-refractivity contribution in [1.29, 1.82) is 0 Å². The Hall–Kier alpha value is -3.63. The number of carbonyl (C=O) groups excluding carboxylic acids is 5. The summed E-state index contributed by atoms with van der Waals surface area (Å²) in [4.78, 5) is 65.5. The van der Waals surface area contributed by atoms with Crippen molar-refractivity contribution in [3.8, 4) is 0 Å². The molecule has 4 rings (SSSR count). The van der Waals surface area contributed by atoms with Gasteiger partial charge in [-0.3, -0.25) is 19.2 Å². The first-order valence-electron chi connectivity index (χ1n) is 15.7. The summed E-state index contributed by atoms with van der Waals surface area (Å²) in [5, 5.41) is 11.7. The molecule has 1 aliphatic heterocycles. The largest absolute Gasteiger partial charge is 0.440 e. The van der Waals surface area contributed by atoms with E-state index in [-0.39, 0.29) is 30.7 Å². The predicted molar refractivity (Wildman–Crippen MR) is 175 cm³/mol. The van der Waals surface area contributed by atoms with E-state index in [2.05, 4.69) is 21.3 Å². The number of carbonyl (C=O) groups is 5. The Morgan fingerprint density at radius 1 is 0.957 bits per heavy atom. The lowest BCUT2D eigenvalue weighted by Gasteiger charge is -2.35. The van der Waals surface area contributed by atoms with Gasteiger partial charge < -0.3 is 26.0 Å². The summed E-state index contributed by atoms with van der Waals surface area (Å²) in [7, 11) is 0. The van der Waals surface area contributed by atoms with Gasteiger partial charge in [-0.2, -0.15) is 0 Å². The molecule has 1 saturated heterocycles. The monoisotopic (exact) mass is 672 g/mol. The molecule has 0 radical (unpaired) electrons. The molecule has 4 atom stereocenters. The van der Waals surface area contributed by atoms with Crippen LogP contribution in [-0.2, 0) is 29.3 Å². The Morgan fingerprint density at radius 2 is 1.63 bits per heavy atom. The van der Waals surface area contributed by atoms with Crippen LogP contribution in [-0.4, -0.2) is 54.3 Å². The van der Waals surface area contributed by atoms with Crippen molar-refractivity contribution >= 4 is 52.8 Å². The second kappa shape index (κ2) is 15.3. The van der Waals surface area contributed by atoms with Crippen LogP contribution in [0.3, 0.4) is 0 Å². The fourth-order valence-electron chi connectivity index (χ4n) is 5.63. The molecule has 4 unspecified atom stereocenters. The lowest BCUT2D eigenvalue weighted by atomic mass is 9.76. The van der Waals surface area contributed by atoms with Gasteiger partial charge >= 0.3 is 6.09 Å². The van der Waals surface area contributed by atoms with Gasteiger partial charge in [0.05, 0.1) is 6.04 Å². The van der Waals surface area contributed by atoms with Gasteiger partial charge in [0.1, 0.15) is 12.1 Å². The summed E-state index contributed by atoms with van der Waals surface area (Å²) < 4.78 is 6.06. The van der Waals surface area contributed by atoms with Crippen LogP contribution in [0.1, 0.15) is 77.0 Å². The van der Waals surface area contributed by atoms with E-state index in [1.165, 1.54) is 0 Å². The number of ketones is 1. The number of nitrogens with one attached hydrogen (secondary N) is 4. The third kappa shape index (κ3) is 9.45. The Balaban J connectivity index is 1.55. The zero-order valence-corrected chi connectivity index (χ0v) is 28.0. The molecular weight excluding hydrogens is 631 g/mol. The Labute approximate surface area is 279 Å². The van der Waals surface area contributed by atoms with Crippen LogP contribution in [0.25, 0.3) is 0 Å². The van der Waals surface area contributed by atoms with Crippen LogP contribution in [0.15, 0.2) is 48.5 Å². The van der Waals surface area contributed by atoms with E-state index in [0.29, 0.717) is 28.6 Å². The Kier molecular flexibility index (Phi) is 11.7. The van der Waals surface area contributed by atoms with E-state index >= 15 is 0 Å². The first kappa shape index (κ1) is 35.2. The summed E-state index contributed by atoms with van der Waals surface area (Å²) >= 11 is 12.6. The number of halogens is 2. The maximum atomic E-state index is 13.7. The molecular formula is C34H42Cl2N4O6. The Morgan fingerprint density at radius 3 is 2.22 bits per heavy atom. The van der Waals surface area contributed by atoms with Gasteiger partial charge in [-0.25, -0.2) is 4.79 Å². The van der Waals surface area contributed by atoms with Crippen LogP contribution in [0, 0.1) is 11.8 Å². The summed E-state index contributed by atoms with van der Waals surface area (Å²) in [6, 6.07) is 11.9. The van der Waals surface area contributed by atoms with Crippen LogP contribution in [0.5, 0.6) is 0 Å². The average Bonchev–Trinajstić information content (AvgIpc) is 3.72. The van der Waals surface area contributed by atoms with Crippen LogP contribution < -0.4 is 21.3 Å². The van der Waals surface area contributed by atoms with Gasteiger partial charge in [0, 0.05) is 34.0 Å². The lowest BCUT2D eigenvalue weighted by molar-refractivity contribution is -0.141. The van der Waals surface area contributed by atoms with Crippen molar-refractivity contribution in [3.63, 3.8) is 0 Å². The highest BCUT2D eigenvalue weighted by Crippen LogP contribution is 2.41. The van der Waals surface area contributed by atoms with Crippen molar-refractivity contribution < 1.29 is 28.7 Å². The predicted octanol–water partition coefficient (Wildman–Crippen LogP) is 5.01. The van der Waals surface area contributed by atoms with Gasteiger partial charge in [0.25, 0.3) is 5.91 Å². The summed E-state index contributed by atoms with van der Waals surface area (Å²) in [5.74, 6) is -3.08. The zero-order valence-electron chi connectivity index (χ0n) is 26.5. The molecule has 1 heterocycles. The summed E-state index contributed by atoms with van der Waals surface area (Å²) in [5.41, 5.74) is 0.674. The van der Waals surface area contributed by atoms with Gasteiger partial charge in [0.2, 0.25) is 17.6 Å². The van der Waals surface area contributed by atoms with E-state index in [9.17, 15) is 24.0 Å². The van der Waals surface area contributed by atoms with Crippen molar-refractivity contribution in [2.24, 2.45) is 11.8 Å². The zero-order chi connectivity index (χ0) is 33.6. The lowest BCUT2D eigenvalue weighted by Crippen LogP contribution is -2.55. The molecule has 1 aliphatic carbocycles. The summed E-state index contributed by atoms with van der Waals surface area (Å²) in [6.07, 6.45) is 0.550. The normalized spacial score (nSPS) is 18.2. The number of hydrogen-bond donors (Lipinski definition) is 4. The summed E-state index contributed by atoms with van der Waals surface area (Å²) in [6.45, 7) is 8.06. The minimum atomic E-state index is -1.24. The molecule has 46 heavy (non-hydrogen) atoms. The van der Waals surface area contributed by atoms with Gasteiger partial charge in [0.15, 0.2) is 0 Å². The number of benzene rings is 2. The van der Waals surface area contributed by atoms with Crippen LogP contribution in [0.2, 0.25) is 10.0 Å². The fourth-order valence-corrected chi connectivity index (χ4v) is 6.02. The highest BCUT2D eigenvalue weighted by atomic mass is 35.5. The molecule has 1 saturated carbocycles. The molecule has 2 aliphatic rings. The third-order valence-electron chi connectivity index (χ3n) is 8.37. The van der Waals surface area contributed by atoms with E-state index in [1.54, 1.807) is 36.4 Å². The molecule has 10 nitrogen and oxygen atoms in total.